The zero-order valence-corrected chi connectivity index (χ0v) is 97.8. The van der Waals surface area contributed by atoms with Gasteiger partial charge in [0.05, 0.1) is 124 Å². The molecule has 0 radical (unpaired) electrons. The molecule has 5 unspecified atom stereocenters. The minimum atomic E-state index is -3.30. The number of thiazole rings is 3. The molecule has 0 bridgehead atoms. The second kappa shape index (κ2) is 56.1. The maximum Gasteiger partial charge on any atom is 1.00 e. The van der Waals surface area contributed by atoms with Crippen LogP contribution in [-0.2, 0) is 109 Å². The summed E-state index contributed by atoms with van der Waals surface area (Å²) >= 11 is 29.5. The SMILES string of the molecule is Brc1ccc2c(c1)C=NC2.COC(=O)C(Br)CC1CCOCC1.COC(=O)C(CC1CCOCC1)n1ncc2cc(Br)ccc21.COC(=O)C(CC1CCOCC1)n1ncc2cc(S(=O)(=O)C3CC3)ccc21.Nc1ncc(Cl)s1.O=C(Nc1ncc(Cl)s1)C(CC1CCOCC1)n1ncc2cc(S(=O)(=O)C3CC3)ccc21.O=C(Nc1ncc(Cl)s1)[C@@H](CC1CCOCC1)n1ncc2cc(S(=O)(=O)C3CC3)ccc21.O=S([O-])C1CC1.[Na+]. The van der Waals surface area contributed by atoms with Gasteiger partial charge in [-0.1, -0.05) is 134 Å². The Morgan fingerprint density at radius 2 is 0.747 bits per heavy atom. The number of nitrogens with one attached hydrogen (secondary N) is 2. The van der Waals surface area contributed by atoms with Crippen LogP contribution in [0.2, 0.25) is 13.0 Å². The summed E-state index contributed by atoms with van der Waals surface area (Å²) in [5, 5.41) is 27.3. The smallest absolute Gasteiger partial charge is 0.772 e. The number of sulfone groups is 3. The van der Waals surface area contributed by atoms with Gasteiger partial charge in [0.1, 0.15) is 42.0 Å². The van der Waals surface area contributed by atoms with Crippen molar-refractivity contribution in [1.29, 1.82) is 0 Å². The van der Waals surface area contributed by atoms with Gasteiger partial charge in [-0.2, -0.15) is 20.4 Å². The first-order valence-corrected chi connectivity index (χ1v) is 61.2. The van der Waals surface area contributed by atoms with Gasteiger partial charge in [0.2, 0.25) is 0 Å². The molecule has 4 aliphatic carbocycles. The number of esters is 3. The van der Waals surface area contributed by atoms with E-state index in [0.717, 1.165) is 177 Å². The van der Waals surface area contributed by atoms with E-state index in [1.54, 1.807) is 98.1 Å². The van der Waals surface area contributed by atoms with E-state index in [1.807, 2.05) is 30.5 Å². The van der Waals surface area contributed by atoms with Crippen molar-refractivity contribution in [2.45, 2.75) is 219 Å². The Labute approximate surface area is 947 Å². The third-order valence-electron chi connectivity index (χ3n) is 27.1. The quantitative estimate of drug-likeness (QED) is 0.0135. The van der Waals surface area contributed by atoms with Gasteiger partial charge in [0.25, 0.3) is 11.8 Å². The molecule has 10 aliphatic rings. The number of anilines is 3. The minimum Gasteiger partial charge on any atom is -0.772 e. The average molecular weight is 2460 g/mol. The molecular formula is C100H118Br3Cl3N15NaO21S7. The molecule has 0 spiro atoms. The molecule has 6 aliphatic heterocycles. The van der Waals surface area contributed by atoms with Crippen LogP contribution in [0.1, 0.15) is 183 Å². The Kier molecular flexibility index (Phi) is 44.2. The van der Waals surface area contributed by atoms with Gasteiger partial charge in [-0.05, 0) is 273 Å². The molecule has 12 aromatic rings. The summed E-state index contributed by atoms with van der Waals surface area (Å²) in [6, 6.07) is 25.3. The number of aliphatic imine (C=N–C) groups is 1. The normalized spacial score (nSPS) is 18.4. The summed E-state index contributed by atoms with van der Waals surface area (Å²) in [5.74, 6) is 0.902. The van der Waals surface area contributed by atoms with Crippen molar-refractivity contribution in [3.8, 4) is 0 Å². The van der Waals surface area contributed by atoms with E-state index < -0.39 is 58.7 Å². The topological polar surface area (TPSA) is 474 Å². The molecule has 50 heteroatoms. The van der Waals surface area contributed by atoms with E-state index in [-0.39, 0.29) is 91.1 Å². The van der Waals surface area contributed by atoms with E-state index >= 15 is 0 Å². The van der Waals surface area contributed by atoms with Crippen LogP contribution in [0, 0.1) is 29.6 Å². The molecule has 804 valence electrons. The van der Waals surface area contributed by atoms with Gasteiger partial charge in [0.15, 0.2) is 44.9 Å². The predicted octanol–water partition coefficient (Wildman–Crippen LogP) is 16.5. The van der Waals surface area contributed by atoms with E-state index in [9.17, 15) is 58.0 Å². The fourth-order valence-corrected chi connectivity index (χ4v) is 27.5. The Hall–Kier alpha value is -7.24. The third-order valence-corrected chi connectivity index (χ3v) is 39.6. The van der Waals surface area contributed by atoms with Crippen LogP contribution < -0.4 is 45.9 Å². The number of halogens is 6. The summed E-state index contributed by atoms with van der Waals surface area (Å²) < 4.78 is 147. The number of aromatic nitrogens is 11. The number of nitrogens with zero attached hydrogens (tertiary/aromatic N) is 12. The number of benzene rings is 5. The zero-order chi connectivity index (χ0) is 106. The molecule has 13 heterocycles. The van der Waals surface area contributed by atoms with E-state index in [2.05, 4.69) is 116 Å². The second-order valence-electron chi connectivity index (χ2n) is 37.7. The van der Waals surface area contributed by atoms with Crippen molar-refractivity contribution in [2.24, 2.45) is 34.6 Å². The van der Waals surface area contributed by atoms with Gasteiger partial charge in [-0.15, -0.1) is 0 Å². The monoisotopic (exact) mass is 2450 g/mol. The maximum absolute atomic E-state index is 13.3. The van der Waals surface area contributed by atoms with Crippen molar-refractivity contribution in [2.75, 3.05) is 104 Å². The summed E-state index contributed by atoms with van der Waals surface area (Å²) in [7, 11) is -5.62. The molecule has 150 heavy (non-hydrogen) atoms. The number of nitrogen functional groups attached to an aromatic ring is 1. The van der Waals surface area contributed by atoms with E-state index in [1.165, 1.54) is 85.1 Å². The molecule has 9 fully saturated rings. The molecular weight excluding hydrogens is 2340 g/mol. The molecule has 22 rings (SSSR count). The Morgan fingerprint density at radius 3 is 1.05 bits per heavy atom. The molecule has 4 N–H and O–H groups in total. The maximum atomic E-state index is 13.3. The summed E-state index contributed by atoms with van der Waals surface area (Å²) in [5.41, 5.74) is 10.9. The van der Waals surface area contributed by atoms with Crippen LogP contribution in [0.3, 0.4) is 0 Å². The van der Waals surface area contributed by atoms with Crippen LogP contribution in [0.25, 0.3) is 43.6 Å². The molecule has 5 saturated heterocycles. The molecule has 6 atom stereocenters. The van der Waals surface area contributed by atoms with Crippen molar-refractivity contribution < 1.29 is 125 Å². The molecule has 7 aromatic heterocycles. The second-order valence-corrected chi connectivity index (χ2v) is 53.5. The number of fused-ring (bicyclic) bond motifs is 5. The number of rotatable bonds is 28. The molecule has 5 aromatic carbocycles. The Balaban J connectivity index is 0.000000142. The summed E-state index contributed by atoms with van der Waals surface area (Å²) in [6.07, 6.45) is 32.1. The Morgan fingerprint density at radius 1 is 0.433 bits per heavy atom. The van der Waals surface area contributed by atoms with Crippen LogP contribution in [-0.4, -0.2) is 237 Å². The number of alkyl halides is 1. The van der Waals surface area contributed by atoms with Gasteiger partial charge < -0.3 is 58.8 Å². The third kappa shape index (κ3) is 33.0. The van der Waals surface area contributed by atoms with Gasteiger partial charge in [0, 0.05) is 108 Å². The zero-order valence-electron chi connectivity index (χ0n) is 83.0. The minimum absolute atomic E-state index is 0. The largest absolute Gasteiger partial charge is 1.00 e. The van der Waals surface area contributed by atoms with Crippen LogP contribution in [0.15, 0.2) is 163 Å². The number of ether oxygens (including phenoxy) is 8. The first-order valence-electron chi connectivity index (χ1n) is 49.3. The van der Waals surface area contributed by atoms with Crippen molar-refractivity contribution in [3.63, 3.8) is 0 Å². The van der Waals surface area contributed by atoms with Crippen molar-refractivity contribution in [3.05, 3.63) is 167 Å². The number of carbonyl (C=O) groups excluding carboxylic acids is 5. The first kappa shape index (κ1) is 118. The number of amides is 2. The fraction of sp³-hybridized carbons (Fsp3) is 0.510. The van der Waals surface area contributed by atoms with E-state index in [4.69, 9.17) is 73.7 Å². The van der Waals surface area contributed by atoms with Crippen molar-refractivity contribution in [1.82, 2.24) is 54.1 Å². The average Bonchev–Trinajstić information content (AvgIpc) is 1.57. The van der Waals surface area contributed by atoms with Crippen LogP contribution >= 0.6 is 117 Å². The number of nitrogens with two attached hydrogens (primary N) is 1. The standard InChI is InChI=1S/2C21H23ClN4O4S2.C19H24N2O5S.C16H19BrN2O3.C9H15BrO3.C8H6BrN.C3H3ClN2S.C3H6O2S.Na/c2*22-19-12-23-21(31-19)25-20(27)18(9-13-5-7-30-8-6-13)26-17-4-3-16(10-14(17)11-24-26)32(28,29)15-1-2-15;1-25-19(22)18(10-13-6-8-26-9-7-13)21-17-5-4-16(11-14(17)12-20-21)27(23,24)15-2-3-15;1-21-16(20)15(8-11-4-6-22-7-5-11)19-14-3-2-13(17)9-12(14)10-18-19;1-12-9(11)8(10)6-7-2-4-13-5-3-7;9-8-2-1-6-4-10-5-7(6)3-8;4-2-1-6-3(5)7-2;4-6(5)3-1-2-3;/h2*3-4,10-13,15,18H,1-2,5-9H2,(H,23,25,27);4-5,11-13,15,18H,2-3,6-10H2,1H3;2-3,9-11,15H,4-8H2,1H3;7-8H,2-6H2,1H3;1-3,5H,4H2;1H,(H2,5,6);3H,1-2H2,(H,4,5);/q;;;;;;;;+1/p-1/t18-;;;;;;;;/m1......../s1. The predicted molar refractivity (Wildman–Crippen MR) is 583 cm³/mol. The molecule has 36 nitrogen and oxygen atoms in total. The number of carbonyl (C=O) groups is 5. The molecule has 4 saturated carbocycles. The summed E-state index contributed by atoms with van der Waals surface area (Å²) in [4.78, 5) is 79.3. The number of hydrogen-bond donors (Lipinski definition) is 3. The fourth-order valence-electron chi connectivity index (χ4n) is 18.1. The van der Waals surface area contributed by atoms with Gasteiger partial charge in [-0.3, -0.25) is 42.3 Å². The van der Waals surface area contributed by atoms with Gasteiger partial charge in [-0.25, -0.2) is 49.8 Å². The van der Waals surface area contributed by atoms with Crippen LogP contribution in [0.5, 0.6) is 0 Å². The Bertz CT molecular complexity index is 6810. The van der Waals surface area contributed by atoms with E-state index in [0.29, 0.717) is 168 Å². The number of hydrogen-bond acceptors (Lipinski definition) is 33. The van der Waals surface area contributed by atoms with Gasteiger partial charge >= 0.3 is 47.5 Å². The summed E-state index contributed by atoms with van der Waals surface area (Å²) in [6.45, 7) is 8.19. The number of methoxy groups -OCH3 is 3. The first-order chi connectivity index (χ1) is 71.7. The molecule has 2 amide bonds. The van der Waals surface area contributed by atoms with Crippen LogP contribution in [0.4, 0.5) is 15.4 Å². The van der Waals surface area contributed by atoms with Crippen molar-refractivity contribution >= 4 is 252 Å².